The molecule has 2 aromatic heterocycles. The molecule has 1 N–H and O–H groups in total. The summed E-state index contributed by atoms with van der Waals surface area (Å²) in [6.45, 7) is 4.64. The van der Waals surface area contributed by atoms with Gasteiger partial charge in [-0.25, -0.2) is 4.79 Å². The lowest BCUT2D eigenvalue weighted by Gasteiger charge is -2.22. The third-order valence-corrected chi connectivity index (χ3v) is 8.35. The van der Waals surface area contributed by atoms with Crippen LogP contribution in [0.15, 0.2) is 30.5 Å². The molecule has 2 unspecified atom stereocenters. The van der Waals surface area contributed by atoms with E-state index in [1.165, 1.54) is 0 Å². The van der Waals surface area contributed by atoms with Gasteiger partial charge in [0.25, 0.3) is 0 Å². The highest BCUT2D eigenvalue weighted by Gasteiger charge is 2.27. The van der Waals surface area contributed by atoms with E-state index >= 15 is 0 Å². The highest BCUT2D eigenvalue weighted by molar-refractivity contribution is 7.12. The largest absolute Gasteiger partial charge is 0.497 e. The lowest BCUT2D eigenvalue weighted by atomic mass is 9.87. The zero-order valence-corrected chi connectivity index (χ0v) is 23.2. The highest BCUT2D eigenvalue weighted by Crippen LogP contribution is 2.37. The lowest BCUT2D eigenvalue weighted by molar-refractivity contribution is -0.118. The van der Waals surface area contributed by atoms with Crippen molar-refractivity contribution in [2.24, 2.45) is 13.0 Å². The number of nitriles is 1. The van der Waals surface area contributed by atoms with Crippen LogP contribution in [-0.4, -0.2) is 35.4 Å². The predicted octanol–water partition coefficient (Wildman–Crippen LogP) is 5.01. The summed E-state index contributed by atoms with van der Waals surface area (Å²) >= 11 is 1.56. The monoisotopic (exact) mass is 534 g/mol. The van der Waals surface area contributed by atoms with Crippen LogP contribution in [-0.2, 0) is 42.4 Å². The van der Waals surface area contributed by atoms with Gasteiger partial charge in [0.2, 0.25) is 0 Å². The molecule has 200 valence electrons. The summed E-state index contributed by atoms with van der Waals surface area (Å²) < 4.78 is 12.5. The van der Waals surface area contributed by atoms with Crippen molar-refractivity contribution in [1.82, 2.24) is 15.1 Å². The summed E-state index contributed by atoms with van der Waals surface area (Å²) in [4.78, 5) is 27.2. The second-order valence-corrected chi connectivity index (χ2v) is 11.2. The number of benzene rings is 1. The van der Waals surface area contributed by atoms with Gasteiger partial charge in [-0.1, -0.05) is 19.1 Å². The number of rotatable bonds is 10. The van der Waals surface area contributed by atoms with Crippen molar-refractivity contribution in [3.8, 4) is 11.8 Å². The van der Waals surface area contributed by atoms with Crippen LogP contribution in [0.5, 0.6) is 5.75 Å². The normalized spacial score (nSPS) is 15.3. The fourth-order valence-electron chi connectivity index (χ4n) is 5.00. The van der Waals surface area contributed by atoms with E-state index in [0.717, 1.165) is 57.2 Å². The maximum atomic E-state index is 13.0. The summed E-state index contributed by atoms with van der Waals surface area (Å²) in [6, 6.07) is 10.1. The minimum absolute atomic E-state index is 0.0625. The van der Waals surface area contributed by atoms with E-state index in [1.54, 1.807) is 23.1 Å². The zero-order valence-electron chi connectivity index (χ0n) is 22.4. The molecule has 0 spiro atoms. The van der Waals surface area contributed by atoms with Crippen molar-refractivity contribution >= 4 is 23.2 Å². The summed E-state index contributed by atoms with van der Waals surface area (Å²) in [5, 5.41) is 16.9. The first-order valence-electron chi connectivity index (χ1n) is 12.9. The van der Waals surface area contributed by atoms with Crippen molar-refractivity contribution in [2.75, 3.05) is 13.7 Å². The number of carbonyl (C=O) groups excluding carboxylic acids is 2. The molecule has 2 atom stereocenters. The van der Waals surface area contributed by atoms with E-state index in [1.807, 2.05) is 51.4 Å². The lowest BCUT2D eigenvalue weighted by Crippen LogP contribution is -2.27. The first-order valence-corrected chi connectivity index (χ1v) is 13.7. The molecule has 1 aliphatic carbocycles. The molecule has 3 aromatic rings. The Kier molecular flexibility index (Phi) is 8.85. The van der Waals surface area contributed by atoms with Crippen molar-refractivity contribution in [2.45, 2.75) is 58.4 Å². The molecule has 0 radical (unpaired) electrons. The number of ketones is 1. The van der Waals surface area contributed by atoms with Gasteiger partial charge in [-0.15, -0.1) is 11.3 Å². The number of methoxy groups -OCH3 is 1. The minimum atomic E-state index is -0.445. The molecule has 1 amide bonds. The minimum Gasteiger partial charge on any atom is -0.497 e. The Hall–Kier alpha value is -3.64. The van der Waals surface area contributed by atoms with Crippen LogP contribution >= 0.6 is 11.3 Å². The van der Waals surface area contributed by atoms with Crippen molar-refractivity contribution in [3.63, 3.8) is 0 Å². The number of hydrogen-bond acceptors (Lipinski definition) is 7. The Labute approximate surface area is 227 Å². The Bertz CT molecular complexity index is 1350. The van der Waals surface area contributed by atoms with Crippen LogP contribution in [0.25, 0.3) is 0 Å². The molecule has 4 rings (SSSR count). The van der Waals surface area contributed by atoms with Crippen LogP contribution in [0, 0.1) is 24.2 Å². The highest BCUT2D eigenvalue weighted by atomic mass is 32.1. The summed E-state index contributed by atoms with van der Waals surface area (Å²) in [7, 11) is 3.48. The third-order valence-electron chi connectivity index (χ3n) is 7.09. The molecule has 0 aliphatic heterocycles. The molecule has 2 heterocycles. The van der Waals surface area contributed by atoms with E-state index in [9.17, 15) is 14.9 Å². The molecular formula is C29H34N4O4S. The number of nitrogens with one attached hydrogen (secondary N) is 1. The third kappa shape index (κ3) is 6.62. The first-order chi connectivity index (χ1) is 18.3. The number of hydrogen-bond donors (Lipinski definition) is 1. The fraction of sp³-hybridized carbons (Fsp3) is 0.448. The summed E-state index contributed by atoms with van der Waals surface area (Å²) in [5.41, 5.74) is 4.62. The van der Waals surface area contributed by atoms with Crippen molar-refractivity contribution in [3.05, 3.63) is 68.2 Å². The Morgan fingerprint density at radius 2 is 2.18 bits per heavy atom. The molecular weight excluding hydrogens is 500 g/mol. The molecule has 9 heteroatoms. The predicted molar refractivity (Wildman–Crippen MR) is 145 cm³/mol. The fourth-order valence-corrected chi connectivity index (χ4v) is 6.45. The van der Waals surface area contributed by atoms with Crippen LogP contribution in [0.4, 0.5) is 4.79 Å². The molecule has 0 bridgehead atoms. The topological polar surface area (TPSA) is 106 Å². The summed E-state index contributed by atoms with van der Waals surface area (Å²) in [5.74, 6) is 1.15. The van der Waals surface area contributed by atoms with E-state index in [0.29, 0.717) is 25.1 Å². The summed E-state index contributed by atoms with van der Waals surface area (Å²) in [6.07, 6.45) is 4.46. The number of Topliss-reactive ketones (excluding diaryl/α,β-unsaturated/α-hetero) is 1. The number of nitrogens with zero attached hydrogens (tertiary/aromatic N) is 3. The van der Waals surface area contributed by atoms with Crippen molar-refractivity contribution in [1.29, 1.82) is 5.26 Å². The van der Waals surface area contributed by atoms with Gasteiger partial charge < -0.3 is 14.8 Å². The Morgan fingerprint density at radius 3 is 2.89 bits per heavy atom. The van der Waals surface area contributed by atoms with E-state index < -0.39 is 6.09 Å². The van der Waals surface area contributed by atoms with Gasteiger partial charge in [0.1, 0.15) is 17.6 Å². The molecule has 0 saturated carbocycles. The van der Waals surface area contributed by atoms with Gasteiger partial charge in [-0.2, -0.15) is 10.4 Å². The maximum absolute atomic E-state index is 13.0. The van der Waals surface area contributed by atoms with Gasteiger partial charge >= 0.3 is 6.09 Å². The molecule has 1 aliphatic rings. The second kappa shape index (κ2) is 12.3. The first kappa shape index (κ1) is 27.4. The smallest absolute Gasteiger partial charge is 0.407 e. The quantitative estimate of drug-likeness (QED) is 0.392. The van der Waals surface area contributed by atoms with Crippen LogP contribution in [0.1, 0.15) is 63.4 Å². The maximum Gasteiger partial charge on any atom is 0.407 e. The number of ether oxygens (including phenoxy) is 2. The van der Waals surface area contributed by atoms with Crippen molar-refractivity contribution < 1.29 is 19.1 Å². The average molecular weight is 535 g/mol. The number of aryl methyl sites for hydroxylation is 2. The standard InChI is InChI=1S/C29H34N4O4S/c1-18(21-6-5-7-24(12-21)36-4)10-23(34)13-28-26(14-30)25-9-8-20(11-27(25)38-28)17-37-29(35)31-15-22-16-33(3)32-19(22)2/h5-7,12,16,18,20H,8-11,13,15,17H2,1-4H3,(H,31,35). The molecule has 0 fully saturated rings. The van der Waals surface area contributed by atoms with Crippen LogP contribution < -0.4 is 10.1 Å². The Morgan fingerprint density at radius 1 is 1.37 bits per heavy atom. The molecule has 38 heavy (non-hydrogen) atoms. The molecule has 8 nitrogen and oxygen atoms in total. The van der Waals surface area contributed by atoms with E-state index in [-0.39, 0.29) is 24.0 Å². The number of thiophene rings is 1. The number of alkyl carbamates (subject to hydrolysis) is 1. The van der Waals surface area contributed by atoms with E-state index in [2.05, 4.69) is 16.5 Å². The van der Waals surface area contributed by atoms with Gasteiger partial charge in [-0.05, 0) is 61.3 Å². The number of amides is 1. The van der Waals surface area contributed by atoms with Gasteiger partial charge in [-0.3, -0.25) is 9.48 Å². The Balaban J connectivity index is 1.31. The van der Waals surface area contributed by atoms with Gasteiger partial charge in [0.15, 0.2) is 0 Å². The average Bonchev–Trinajstić information content (AvgIpc) is 3.42. The van der Waals surface area contributed by atoms with Gasteiger partial charge in [0, 0.05) is 47.9 Å². The zero-order chi connectivity index (χ0) is 27.2. The SMILES string of the molecule is COc1cccc(C(C)CC(=O)Cc2sc3c(c2C#N)CCC(COC(=O)NCc2cn(C)nc2C)C3)c1. The molecule has 1 aromatic carbocycles. The van der Waals surface area contributed by atoms with Gasteiger partial charge in [0.05, 0.1) is 25.0 Å². The molecule has 0 saturated heterocycles. The van der Waals surface area contributed by atoms with E-state index in [4.69, 9.17) is 9.47 Å². The number of carbonyl (C=O) groups is 2. The number of aromatic nitrogens is 2. The van der Waals surface area contributed by atoms with Crippen LogP contribution in [0.2, 0.25) is 0 Å². The number of fused-ring (bicyclic) bond motifs is 1. The second-order valence-electron chi connectivity index (χ2n) is 9.99. The van der Waals surface area contributed by atoms with Crippen LogP contribution in [0.3, 0.4) is 0 Å².